The largest absolute Gasteiger partial charge is 0.338 e. The van der Waals surface area contributed by atoms with Gasteiger partial charge in [0.05, 0.1) is 0 Å². The Bertz CT molecular complexity index is 322. The van der Waals surface area contributed by atoms with Crippen molar-refractivity contribution in [2.45, 2.75) is 51.0 Å². The van der Waals surface area contributed by atoms with Crippen LogP contribution in [0.5, 0.6) is 0 Å². The average Bonchev–Trinajstić information content (AvgIpc) is 2.96. The molecule has 114 valence electrons. The fourth-order valence-corrected chi connectivity index (χ4v) is 4.06. The summed E-state index contributed by atoms with van der Waals surface area (Å²) in [5, 5.41) is 3.36. The molecule has 0 saturated carbocycles. The lowest BCUT2D eigenvalue weighted by molar-refractivity contribution is -0.137. The third kappa shape index (κ3) is 3.34. The van der Waals surface area contributed by atoms with Gasteiger partial charge in [-0.15, -0.1) is 0 Å². The van der Waals surface area contributed by atoms with E-state index >= 15 is 0 Å². The number of carbonyl (C=O) groups is 1. The highest BCUT2D eigenvalue weighted by molar-refractivity contribution is 5.79. The summed E-state index contributed by atoms with van der Waals surface area (Å²) in [6.07, 6.45) is 8.56. The van der Waals surface area contributed by atoms with Gasteiger partial charge in [-0.25, -0.2) is 0 Å². The molecule has 4 heteroatoms. The molecule has 1 unspecified atom stereocenters. The van der Waals surface area contributed by atoms with E-state index < -0.39 is 0 Å². The lowest BCUT2D eigenvalue weighted by Crippen LogP contribution is -2.48. The molecule has 0 aromatic carbocycles. The first-order chi connectivity index (χ1) is 9.84. The molecule has 1 atom stereocenters. The molecule has 3 heterocycles. The lowest BCUT2D eigenvalue weighted by Gasteiger charge is -2.35. The van der Waals surface area contributed by atoms with Crippen LogP contribution in [-0.2, 0) is 4.79 Å². The van der Waals surface area contributed by atoms with E-state index in [9.17, 15) is 4.79 Å². The number of piperidine rings is 2. The fourth-order valence-electron chi connectivity index (χ4n) is 4.06. The van der Waals surface area contributed by atoms with Crippen LogP contribution in [0.3, 0.4) is 0 Å². The molecule has 0 radical (unpaired) electrons. The molecule has 0 aromatic rings. The van der Waals surface area contributed by atoms with Gasteiger partial charge in [-0.2, -0.15) is 0 Å². The van der Waals surface area contributed by atoms with Crippen LogP contribution in [0, 0.1) is 5.92 Å². The Labute approximate surface area is 122 Å². The van der Waals surface area contributed by atoms with E-state index in [1.807, 2.05) is 0 Å². The van der Waals surface area contributed by atoms with Crippen molar-refractivity contribution in [3.05, 3.63) is 0 Å². The Hall–Kier alpha value is -0.610. The van der Waals surface area contributed by atoms with Crippen molar-refractivity contribution in [1.82, 2.24) is 15.1 Å². The first-order valence-corrected chi connectivity index (χ1v) is 8.58. The lowest BCUT2D eigenvalue weighted by atomic mass is 9.96. The Kier molecular flexibility index (Phi) is 4.94. The highest BCUT2D eigenvalue weighted by Gasteiger charge is 2.34. The van der Waals surface area contributed by atoms with Gasteiger partial charge in [-0.1, -0.05) is 6.42 Å². The number of likely N-dealkylation sites (tertiary alicyclic amines) is 2. The normalized spacial score (nSPS) is 29.8. The van der Waals surface area contributed by atoms with Crippen molar-refractivity contribution in [3.8, 4) is 0 Å². The summed E-state index contributed by atoms with van der Waals surface area (Å²) in [6.45, 7) is 6.64. The minimum Gasteiger partial charge on any atom is -0.338 e. The molecule has 3 rings (SSSR count). The molecule has 1 N–H and O–H groups in total. The van der Waals surface area contributed by atoms with E-state index in [0.29, 0.717) is 17.9 Å². The van der Waals surface area contributed by atoms with Crippen LogP contribution in [0.4, 0.5) is 0 Å². The molecule has 3 fully saturated rings. The molecule has 3 saturated heterocycles. The van der Waals surface area contributed by atoms with Crippen LogP contribution in [0.1, 0.15) is 44.9 Å². The predicted molar refractivity (Wildman–Crippen MR) is 80.6 cm³/mol. The zero-order chi connectivity index (χ0) is 13.8. The maximum Gasteiger partial charge on any atom is 0.226 e. The summed E-state index contributed by atoms with van der Waals surface area (Å²) in [5.74, 6) is 0.740. The van der Waals surface area contributed by atoms with Crippen molar-refractivity contribution in [2.24, 2.45) is 5.92 Å². The monoisotopic (exact) mass is 279 g/mol. The molecule has 0 aliphatic carbocycles. The standard InChI is InChI=1S/C16H29N3O/c20-16(14-6-8-17-9-7-14)19-12-4-5-15(19)13-18-10-2-1-3-11-18/h14-15,17H,1-13H2. The topological polar surface area (TPSA) is 35.6 Å². The number of hydrogen-bond acceptors (Lipinski definition) is 3. The van der Waals surface area contributed by atoms with Gasteiger partial charge in [-0.05, 0) is 64.7 Å². The molecule has 0 aromatic heterocycles. The Morgan fingerprint density at radius 1 is 0.950 bits per heavy atom. The van der Waals surface area contributed by atoms with Crippen LogP contribution in [0.2, 0.25) is 0 Å². The minimum atomic E-state index is 0.290. The third-order valence-corrected chi connectivity index (χ3v) is 5.27. The number of nitrogens with one attached hydrogen (secondary N) is 1. The van der Waals surface area contributed by atoms with Gasteiger partial charge in [0.15, 0.2) is 0 Å². The second-order valence-electron chi connectivity index (χ2n) is 6.71. The quantitative estimate of drug-likeness (QED) is 0.849. The zero-order valence-electron chi connectivity index (χ0n) is 12.6. The Morgan fingerprint density at radius 3 is 2.45 bits per heavy atom. The third-order valence-electron chi connectivity index (χ3n) is 5.27. The highest BCUT2D eigenvalue weighted by Crippen LogP contribution is 2.24. The van der Waals surface area contributed by atoms with Gasteiger partial charge < -0.3 is 15.1 Å². The fraction of sp³-hybridized carbons (Fsp3) is 0.938. The summed E-state index contributed by atoms with van der Waals surface area (Å²) in [4.78, 5) is 17.5. The number of nitrogens with zero attached hydrogens (tertiary/aromatic N) is 2. The molecule has 1 amide bonds. The van der Waals surface area contributed by atoms with Gasteiger partial charge in [0.1, 0.15) is 0 Å². The van der Waals surface area contributed by atoms with Crippen LogP contribution >= 0.6 is 0 Å². The smallest absolute Gasteiger partial charge is 0.226 e. The van der Waals surface area contributed by atoms with Crippen LogP contribution in [-0.4, -0.2) is 61.0 Å². The first kappa shape index (κ1) is 14.3. The maximum atomic E-state index is 12.7. The van der Waals surface area contributed by atoms with E-state index in [1.165, 1.54) is 45.2 Å². The minimum absolute atomic E-state index is 0.290. The average molecular weight is 279 g/mol. The van der Waals surface area contributed by atoms with E-state index in [1.54, 1.807) is 0 Å². The zero-order valence-corrected chi connectivity index (χ0v) is 12.6. The summed E-state index contributed by atoms with van der Waals surface area (Å²) in [7, 11) is 0. The maximum absolute atomic E-state index is 12.7. The van der Waals surface area contributed by atoms with Crippen molar-refractivity contribution >= 4 is 5.91 Å². The first-order valence-electron chi connectivity index (χ1n) is 8.58. The number of amides is 1. The second kappa shape index (κ2) is 6.90. The van der Waals surface area contributed by atoms with E-state index in [2.05, 4.69) is 15.1 Å². The molecule has 0 spiro atoms. The molecular weight excluding hydrogens is 250 g/mol. The van der Waals surface area contributed by atoms with Crippen molar-refractivity contribution in [2.75, 3.05) is 39.3 Å². The highest BCUT2D eigenvalue weighted by atomic mass is 16.2. The summed E-state index contributed by atoms with van der Waals surface area (Å²) >= 11 is 0. The van der Waals surface area contributed by atoms with Gasteiger partial charge in [0.25, 0.3) is 0 Å². The van der Waals surface area contributed by atoms with Gasteiger partial charge in [0, 0.05) is 25.0 Å². The van der Waals surface area contributed by atoms with Crippen molar-refractivity contribution < 1.29 is 4.79 Å². The Balaban J connectivity index is 1.55. The Morgan fingerprint density at radius 2 is 1.70 bits per heavy atom. The molecule has 3 aliphatic heterocycles. The van der Waals surface area contributed by atoms with E-state index in [-0.39, 0.29) is 0 Å². The van der Waals surface area contributed by atoms with Gasteiger partial charge in [0.2, 0.25) is 5.91 Å². The number of carbonyl (C=O) groups excluding carboxylic acids is 1. The van der Waals surface area contributed by atoms with Gasteiger partial charge in [-0.3, -0.25) is 4.79 Å². The molecular formula is C16H29N3O. The molecule has 3 aliphatic rings. The van der Waals surface area contributed by atoms with E-state index in [4.69, 9.17) is 0 Å². The van der Waals surface area contributed by atoms with Crippen molar-refractivity contribution in [3.63, 3.8) is 0 Å². The van der Waals surface area contributed by atoms with Crippen molar-refractivity contribution in [1.29, 1.82) is 0 Å². The van der Waals surface area contributed by atoms with Crippen LogP contribution in [0.15, 0.2) is 0 Å². The molecule has 0 bridgehead atoms. The molecule has 4 nitrogen and oxygen atoms in total. The summed E-state index contributed by atoms with van der Waals surface area (Å²) < 4.78 is 0. The van der Waals surface area contributed by atoms with E-state index in [0.717, 1.165) is 39.0 Å². The van der Waals surface area contributed by atoms with Crippen LogP contribution < -0.4 is 5.32 Å². The number of hydrogen-bond donors (Lipinski definition) is 1. The van der Waals surface area contributed by atoms with Crippen LogP contribution in [0.25, 0.3) is 0 Å². The SMILES string of the molecule is O=C(C1CCNCC1)N1CCCC1CN1CCCCC1. The number of rotatable bonds is 3. The molecule has 20 heavy (non-hydrogen) atoms. The van der Waals surface area contributed by atoms with Gasteiger partial charge >= 0.3 is 0 Å². The predicted octanol–water partition coefficient (Wildman–Crippen LogP) is 1.46. The summed E-state index contributed by atoms with van der Waals surface area (Å²) in [5.41, 5.74) is 0. The second-order valence-corrected chi connectivity index (χ2v) is 6.71. The summed E-state index contributed by atoms with van der Waals surface area (Å²) in [6, 6.07) is 0.496.